The molecule has 18 heavy (non-hydrogen) atoms. The molecule has 1 N–H and O–H groups in total. The summed E-state index contributed by atoms with van der Waals surface area (Å²) >= 11 is 4.03. The fraction of sp³-hybridized carbons (Fsp3) is 0.571. The standard InChI is InChI=1S/C14H20FNS2/c1-2-6-16-14(13-10-17-7-8-18-13)11-4-3-5-12(15)9-11/h3-5,9,13-14,16H,2,6-8,10H2,1H3. The van der Waals surface area contributed by atoms with Gasteiger partial charge < -0.3 is 5.32 Å². The summed E-state index contributed by atoms with van der Waals surface area (Å²) < 4.78 is 13.4. The second kappa shape index (κ2) is 7.41. The number of benzene rings is 1. The van der Waals surface area contributed by atoms with Gasteiger partial charge in [-0.1, -0.05) is 19.1 Å². The lowest BCUT2D eigenvalue weighted by molar-refractivity contribution is 0.525. The first-order valence-electron chi connectivity index (χ1n) is 6.49. The van der Waals surface area contributed by atoms with Crippen molar-refractivity contribution in [3.05, 3.63) is 35.6 Å². The largest absolute Gasteiger partial charge is 0.309 e. The molecule has 1 saturated heterocycles. The summed E-state index contributed by atoms with van der Waals surface area (Å²) in [6.45, 7) is 3.15. The van der Waals surface area contributed by atoms with Crippen LogP contribution < -0.4 is 5.32 Å². The van der Waals surface area contributed by atoms with Crippen molar-refractivity contribution in [1.29, 1.82) is 0 Å². The molecule has 0 bridgehead atoms. The Morgan fingerprint density at radius 2 is 2.33 bits per heavy atom. The van der Waals surface area contributed by atoms with Gasteiger partial charge in [0.05, 0.1) is 0 Å². The quantitative estimate of drug-likeness (QED) is 0.885. The highest BCUT2D eigenvalue weighted by Crippen LogP contribution is 2.33. The average Bonchev–Trinajstić information content (AvgIpc) is 2.40. The van der Waals surface area contributed by atoms with Crippen molar-refractivity contribution in [2.75, 3.05) is 23.8 Å². The third-order valence-electron chi connectivity index (χ3n) is 3.04. The molecule has 100 valence electrons. The van der Waals surface area contributed by atoms with Crippen LogP contribution in [0.4, 0.5) is 4.39 Å². The van der Waals surface area contributed by atoms with E-state index in [1.54, 1.807) is 6.07 Å². The van der Waals surface area contributed by atoms with Crippen molar-refractivity contribution in [3.63, 3.8) is 0 Å². The van der Waals surface area contributed by atoms with E-state index in [9.17, 15) is 4.39 Å². The molecule has 0 saturated carbocycles. The summed E-state index contributed by atoms with van der Waals surface area (Å²) in [7, 11) is 0. The van der Waals surface area contributed by atoms with Crippen LogP contribution in [0, 0.1) is 5.82 Å². The molecule has 1 aliphatic rings. The molecular formula is C14H20FNS2. The predicted octanol–water partition coefficient (Wildman–Crippen LogP) is 3.72. The Hall–Kier alpha value is -0.190. The lowest BCUT2D eigenvalue weighted by atomic mass is 10.0. The van der Waals surface area contributed by atoms with Gasteiger partial charge >= 0.3 is 0 Å². The Morgan fingerprint density at radius 1 is 1.44 bits per heavy atom. The SMILES string of the molecule is CCCNC(c1cccc(F)c1)C1CSCCS1. The van der Waals surface area contributed by atoms with E-state index in [4.69, 9.17) is 0 Å². The molecule has 1 heterocycles. The Balaban J connectivity index is 2.12. The van der Waals surface area contributed by atoms with Crippen LogP contribution in [0.1, 0.15) is 24.9 Å². The van der Waals surface area contributed by atoms with Crippen LogP contribution in [-0.2, 0) is 0 Å². The number of thioether (sulfide) groups is 2. The third-order valence-corrected chi connectivity index (χ3v) is 5.90. The van der Waals surface area contributed by atoms with Gasteiger partial charge in [-0.05, 0) is 30.7 Å². The average molecular weight is 285 g/mol. The van der Waals surface area contributed by atoms with E-state index in [0.717, 1.165) is 24.3 Å². The number of rotatable bonds is 5. The Kier molecular flexibility index (Phi) is 5.86. The van der Waals surface area contributed by atoms with E-state index in [1.165, 1.54) is 17.6 Å². The molecule has 2 atom stereocenters. The van der Waals surface area contributed by atoms with E-state index in [2.05, 4.69) is 12.2 Å². The van der Waals surface area contributed by atoms with Crippen LogP contribution in [0.15, 0.2) is 24.3 Å². The maximum Gasteiger partial charge on any atom is 0.123 e. The number of halogens is 1. The number of hydrogen-bond donors (Lipinski definition) is 1. The van der Waals surface area contributed by atoms with Crippen molar-refractivity contribution in [2.24, 2.45) is 0 Å². The highest BCUT2D eigenvalue weighted by Gasteiger charge is 2.25. The minimum atomic E-state index is -0.135. The second-order valence-electron chi connectivity index (χ2n) is 4.47. The van der Waals surface area contributed by atoms with Crippen LogP contribution in [-0.4, -0.2) is 29.1 Å². The Labute approximate surface area is 117 Å². The van der Waals surface area contributed by atoms with E-state index in [1.807, 2.05) is 35.7 Å². The molecule has 0 radical (unpaired) electrons. The molecule has 1 aromatic carbocycles. The second-order valence-corrected chi connectivity index (χ2v) is 6.97. The monoisotopic (exact) mass is 285 g/mol. The molecule has 1 aromatic rings. The lowest BCUT2D eigenvalue weighted by Gasteiger charge is -2.30. The van der Waals surface area contributed by atoms with Crippen molar-refractivity contribution in [1.82, 2.24) is 5.32 Å². The lowest BCUT2D eigenvalue weighted by Crippen LogP contribution is -2.34. The Bertz CT molecular complexity index is 367. The van der Waals surface area contributed by atoms with Gasteiger partial charge in [0.1, 0.15) is 5.82 Å². The molecule has 0 aromatic heterocycles. The maximum atomic E-state index is 13.4. The minimum Gasteiger partial charge on any atom is -0.309 e. The van der Waals surface area contributed by atoms with Crippen molar-refractivity contribution < 1.29 is 4.39 Å². The van der Waals surface area contributed by atoms with Gasteiger partial charge in [-0.25, -0.2) is 4.39 Å². The number of hydrogen-bond acceptors (Lipinski definition) is 3. The third kappa shape index (κ3) is 3.90. The molecule has 0 spiro atoms. The molecule has 1 aliphatic heterocycles. The molecule has 1 nitrogen and oxygen atoms in total. The van der Waals surface area contributed by atoms with E-state index >= 15 is 0 Å². The Morgan fingerprint density at radius 3 is 3.00 bits per heavy atom. The van der Waals surface area contributed by atoms with E-state index in [0.29, 0.717) is 5.25 Å². The first-order valence-corrected chi connectivity index (χ1v) is 8.70. The number of nitrogens with one attached hydrogen (secondary N) is 1. The summed E-state index contributed by atoms with van der Waals surface area (Å²) in [5.74, 6) is 3.46. The topological polar surface area (TPSA) is 12.0 Å². The smallest absolute Gasteiger partial charge is 0.123 e. The fourth-order valence-electron chi connectivity index (χ4n) is 2.16. The van der Waals surface area contributed by atoms with Crippen molar-refractivity contribution in [2.45, 2.75) is 24.6 Å². The molecule has 0 aliphatic carbocycles. The molecule has 0 amide bonds. The first kappa shape index (κ1) is 14.2. The molecule has 4 heteroatoms. The van der Waals surface area contributed by atoms with Crippen LogP contribution in [0.3, 0.4) is 0 Å². The van der Waals surface area contributed by atoms with Crippen molar-refractivity contribution in [3.8, 4) is 0 Å². The van der Waals surface area contributed by atoms with Gasteiger partial charge in [-0.3, -0.25) is 0 Å². The zero-order chi connectivity index (χ0) is 12.8. The van der Waals surface area contributed by atoms with Crippen LogP contribution in [0.2, 0.25) is 0 Å². The summed E-state index contributed by atoms with van der Waals surface area (Å²) in [6.07, 6.45) is 1.11. The summed E-state index contributed by atoms with van der Waals surface area (Å²) in [4.78, 5) is 0. The predicted molar refractivity (Wildman–Crippen MR) is 81.0 cm³/mol. The van der Waals surface area contributed by atoms with Gasteiger partial charge in [-0.15, -0.1) is 0 Å². The van der Waals surface area contributed by atoms with Crippen LogP contribution in [0.5, 0.6) is 0 Å². The molecule has 2 rings (SSSR count). The van der Waals surface area contributed by atoms with E-state index < -0.39 is 0 Å². The highest BCUT2D eigenvalue weighted by atomic mass is 32.2. The highest BCUT2D eigenvalue weighted by molar-refractivity contribution is 8.06. The first-order chi connectivity index (χ1) is 8.81. The van der Waals surface area contributed by atoms with Gasteiger partial charge in [0.2, 0.25) is 0 Å². The summed E-state index contributed by atoms with van der Waals surface area (Å²) in [5.41, 5.74) is 1.09. The summed E-state index contributed by atoms with van der Waals surface area (Å²) in [5, 5.41) is 4.13. The van der Waals surface area contributed by atoms with Gasteiger partial charge in [0.15, 0.2) is 0 Å². The van der Waals surface area contributed by atoms with Gasteiger partial charge in [0, 0.05) is 28.6 Å². The van der Waals surface area contributed by atoms with Crippen LogP contribution >= 0.6 is 23.5 Å². The van der Waals surface area contributed by atoms with E-state index in [-0.39, 0.29) is 11.9 Å². The van der Waals surface area contributed by atoms with Crippen LogP contribution in [0.25, 0.3) is 0 Å². The maximum absolute atomic E-state index is 13.4. The van der Waals surface area contributed by atoms with Gasteiger partial charge in [0.25, 0.3) is 0 Å². The zero-order valence-electron chi connectivity index (χ0n) is 10.7. The van der Waals surface area contributed by atoms with Crippen molar-refractivity contribution >= 4 is 23.5 Å². The normalized spacial score (nSPS) is 21.8. The fourth-order valence-corrected chi connectivity index (χ4v) is 5.03. The molecular weight excluding hydrogens is 265 g/mol. The minimum absolute atomic E-state index is 0.135. The van der Waals surface area contributed by atoms with Gasteiger partial charge in [-0.2, -0.15) is 23.5 Å². The molecule has 2 unspecified atom stereocenters. The zero-order valence-corrected chi connectivity index (χ0v) is 12.3. The molecule has 1 fully saturated rings. The summed E-state index contributed by atoms with van der Waals surface area (Å²) in [6, 6.07) is 7.32.